The van der Waals surface area contributed by atoms with E-state index in [9.17, 15) is 9.59 Å². The summed E-state index contributed by atoms with van der Waals surface area (Å²) in [6.07, 6.45) is 2.77. The Morgan fingerprint density at radius 2 is 2.27 bits per heavy atom. The molecule has 0 saturated heterocycles. The molecule has 1 heterocycles. The number of para-hydroxylation sites is 1. The van der Waals surface area contributed by atoms with Gasteiger partial charge >= 0.3 is 0 Å². The van der Waals surface area contributed by atoms with Crippen LogP contribution in [0.5, 0.6) is 0 Å². The van der Waals surface area contributed by atoms with Gasteiger partial charge in [0.25, 0.3) is 0 Å². The Labute approximate surface area is 87.0 Å². The fraction of sp³-hybridized carbons (Fsp3) is 0.273. The molecule has 0 atom stereocenters. The number of amides is 1. The van der Waals surface area contributed by atoms with E-state index >= 15 is 0 Å². The smallest absolute Gasteiger partial charge is 0.235 e. The van der Waals surface area contributed by atoms with Crippen molar-refractivity contribution >= 4 is 17.7 Å². The minimum Gasteiger partial charge on any atom is -0.326 e. The predicted octanol–water partition coefficient (Wildman–Crippen LogP) is 1.41. The number of fused-ring (bicyclic) bond motifs is 1. The summed E-state index contributed by atoms with van der Waals surface area (Å²) in [5, 5.41) is 2.81. The Kier molecular flexibility index (Phi) is 2.61. The van der Waals surface area contributed by atoms with Crippen LogP contribution in [0, 0.1) is 0 Å². The first-order valence-electron chi connectivity index (χ1n) is 4.75. The number of aryl methyl sites for hydroxylation is 1. The van der Waals surface area contributed by atoms with Crippen LogP contribution in [-0.2, 0) is 22.6 Å². The zero-order valence-corrected chi connectivity index (χ0v) is 8.12. The number of nitrogens with one attached hydrogen (secondary N) is 1. The van der Waals surface area contributed by atoms with Gasteiger partial charge in [0.2, 0.25) is 12.0 Å². The summed E-state index contributed by atoms with van der Waals surface area (Å²) in [6.45, 7) is 0.271. The number of hydrogen-bond acceptors (Lipinski definition) is 3. The Bertz CT molecular complexity index is 448. The monoisotopic (exact) mass is 202 g/mol. The molecule has 1 aliphatic heterocycles. The fourth-order valence-electron chi connectivity index (χ4n) is 1.72. The number of nitrogens with zero attached hydrogens (tertiary/aromatic N) is 1. The molecule has 0 aliphatic carbocycles. The summed E-state index contributed by atoms with van der Waals surface area (Å²) in [5.41, 5.74) is 2.78. The number of anilines is 1. The quantitative estimate of drug-likeness (QED) is 0.582. The summed E-state index contributed by atoms with van der Waals surface area (Å²) in [6, 6.07) is 5.74. The van der Waals surface area contributed by atoms with Gasteiger partial charge in [0.15, 0.2) is 0 Å². The number of isocyanates is 1. The van der Waals surface area contributed by atoms with E-state index in [1.54, 1.807) is 0 Å². The molecule has 0 unspecified atom stereocenters. The van der Waals surface area contributed by atoms with Crippen molar-refractivity contribution in [2.45, 2.75) is 19.4 Å². The van der Waals surface area contributed by atoms with E-state index in [0.717, 1.165) is 23.2 Å². The molecule has 0 aromatic heterocycles. The van der Waals surface area contributed by atoms with Crippen molar-refractivity contribution in [3.63, 3.8) is 0 Å². The molecule has 1 aliphatic rings. The van der Waals surface area contributed by atoms with E-state index in [-0.39, 0.29) is 12.5 Å². The molecule has 1 aromatic carbocycles. The first kappa shape index (κ1) is 9.62. The number of aliphatic imine (C=N–C) groups is 1. The molecule has 2 rings (SSSR count). The van der Waals surface area contributed by atoms with Gasteiger partial charge in [0.1, 0.15) is 0 Å². The van der Waals surface area contributed by atoms with Gasteiger partial charge in [-0.15, -0.1) is 0 Å². The Morgan fingerprint density at radius 1 is 1.40 bits per heavy atom. The highest BCUT2D eigenvalue weighted by molar-refractivity contribution is 5.94. The largest absolute Gasteiger partial charge is 0.326 e. The highest BCUT2D eigenvalue weighted by Crippen LogP contribution is 2.26. The summed E-state index contributed by atoms with van der Waals surface area (Å²) < 4.78 is 0. The molecule has 1 amide bonds. The normalized spacial score (nSPS) is 13.7. The number of benzene rings is 1. The second-order valence-corrected chi connectivity index (χ2v) is 3.41. The molecule has 4 heteroatoms. The van der Waals surface area contributed by atoms with Crippen LogP contribution in [0.2, 0.25) is 0 Å². The molecule has 0 radical (unpaired) electrons. The summed E-state index contributed by atoms with van der Waals surface area (Å²) >= 11 is 0. The molecule has 0 spiro atoms. The second kappa shape index (κ2) is 4.07. The lowest BCUT2D eigenvalue weighted by Gasteiger charge is -2.19. The summed E-state index contributed by atoms with van der Waals surface area (Å²) in [5.74, 6) is 0.0185. The summed E-state index contributed by atoms with van der Waals surface area (Å²) in [4.78, 5) is 24.8. The van der Waals surface area contributed by atoms with Crippen molar-refractivity contribution in [1.82, 2.24) is 0 Å². The maximum atomic E-state index is 11.2. The third-order valence-corrected chi connectivity index (χ3v) is 2.44. The molecule has 1 N–H and O–H groups in total. The number of carbonyl (C=O) groups excluding carboxylic acids is 2. The molecule has 4 nitrogen and oxygen atoms in total. The number of rotatable bonds is 2. The third-order valence-electron chi connectivity index (χ3n) is 2.44. The van der Waals surface area contributed by atoms with Crippen molar-refractivity contribution in [3.05, 3.63) is 29.3 Å². The van der Waals surface area contributed by atoms with Crippen LogP contribution in [-0.4, -0.2) is 12.0 Å². The van der Waals surface area contributed by atoms with Crippen LogP contribution in [0.15, 0.2) is 23.2 Å². The minimum absolute atomic E-state index is 0.0185. The lowest BCUT2D eigenvalue weighted by molar-refractivity contribution is -0.116. The highest BCUT2D eigenvalue weighted by Gasteiger charge is 2.16. The highest BCUT2D eigenvalue weighted by atomic mass is 16.1. The van der Waals surface area contributed by atoms with Crippen molar-refractivity contribution in [1.29, 1.82) is 0 Å². The van der Waals surface area contributed by atoms with Crippen LogP contribution < -0.4 is 5.32 Å². The topological polar surface area (TPSA) is 58.5 Å². The molecule has 0 fully saturated rings. The van der Waals surface area contributed by atoms with Crippen LogP contribution in [0.1, 0.15) is 17.5 Å². The lowest BCUT2D eigenvalue weighted by atomic mass is 9.99. The lowest BCUT2D eigenvalue weighted by Crippen LogP contribution is -2.20. The maximum absolute atomic E-state index is 11.2. The first-order chi connectivity index (χ1) is 7.31. The van der Waals surface area contributed by atoms with Crippen LogP contribution in [0.4, 0.5) is 5.69 Å². The second-order valence-electron chi connectivity index (χ2n) is 3.41. The number of hydrogen-bond donors (Lipinski definition) is 1. The maximum Gasteiger partial charge on any atom is 0.235 e. The van der Waals surface area contributed by atoms with Gasteiger partial charge in [-0.05, 0) is 17.5 Å². The first-order valence-corrected chi connectivity index (χ1v) is 4.75. The average molecular weight is 202 g/mol. The third kappa shape index (κ3) is 1.95. The Balaban J connectivity index is 2.38. The van der Waals surface area contributed by atoms with Crippen molar-refractivity contribution < 1.29 is 9.59 Å². The van der Waals surface area contributed by atoms with Crippen molar-refractivity contribution in [3.8, 4) is 0 Å². The van der Waals surface area contributed by atoms with E-state index in [1.807, 2.05) is 18.2 Å². The van der Waals surface area contributed by atoms with Crippen LogP contribution in [0.3, 0.4) is 0 Å². The van der Waals surface area contributed by atoms with Gasteiger partial charge in [-0.1, -0.05) is 18.2 Å². The van der Waals surface area contributed by atoms with E-state index in [0.29, 0.717) is 6.42 Å². The van der Waals surface area contributed by atoms with Crippen LogP contribution >= 0.6 is 0 Å². The zero-order valence-electron chi connectivity index (χ0n) is 8.12. The van der Waals surface area contributed by atoms with Gasteiger partial charge in [0, 0.05) is 12.1 Å². The van der Waals surface area contributed by atoms with Gasteiger partial charge in [0.05, 0.1) is 6.54 Å². The van der Waals surface area contributed by atoms with Gasteiger partial charge in [-0.2, -0.15) is 0 Å². The van der Waals surface area contributed by atoms with E-state index in [4.69, 9.17) is 0 Å². The average Bonchev–Trinajstić information content (AvgIpc) is 2.26. The van der Waals surface area contributed by atoms with E-state index < -0.39 is 0 Å². The van der Waals surface area contributed by atoms with Crippen molar-refractivity contribution in [2.24, 2.45) is 4.99 Å². The van der Waals surface area contributed by atoms with Gasteiger partial charge in [-0.3, -0.25) is 4.79 Å². The van der Waals surface area contributed by atoms with Crippen LogP contribution in [0.25, 0.3) is 0 Å². The standard InChI is InChI=1S/C11H10N2O2/c14-7-12-6-9-3-1-2-8-4-5-10(15)13-11(8)9/h1-3H,4-6H2,(H,13,15). The van der Waals surface area contributed by atoms with Gasteiger partial charge in [-0.25, -0.2) is 9.79 Å². The molecule has 76 valence electrons. The Hall–Kier alpha value is -1.93. The fourth-order valence-corrected chi connectivity index (χ4v) is 1.72. The predicted molar refractivity (Wildman–Crippen MR) is 55.2 cm³/mol. The SMILES string of the molecule is O=C=NCc1cccc2c1NC(=O)CC2. The number of carbonyl (C=O) groups is 1. The molecule has 0 bridgehead atoms. The molecule has 0 saturated carbocycles. The van der Waals surface area contributed by atoms with Crippen molar-refractivity contribution in [2.75, 3.05) is 5.32 Å². The Morgan fingerprint density at radius 3 is 3.07 bits per heavy atom. The molecular formula is C11H10N2O2. The minimum atomic E-state index is 0.0185. The summed E-state index contributed by atoms with van der Waals surface area (Å²) in [7, 11) is 0. The molecular weight excluding hydrogens is 192 g/mol. The molecule has 15 heavy (non-hydrogen) atoms. The zero-order chi connectivity index (χ0) is 10.7. The van der Waals surface area contributed by atoms with E-state index in [2.05, 4.69) is 10.3 Å². The molecule has 1 aromatic rings. The van der Waals surface area contributed by atoms with E-state index in [1.165, 1.54) is 6.08 Å². The van der Waals surface area contributed by atoms with Gasteiger partial charge < -0.3 is 5.32 Å².